The molecule has 0 radical (unpaired) electrons. The SMILES string of the molecule is N#Cc1ccc(C(=O)N(C=O)C2CCCCC2)cc1. The zero-order valence-electron chi connectivity index (χ0n) is 10.7. The quantitative estimate of drug-likeness (QED) is 0.780. The highest BCUT2D eigenvalue weighted by atomic mass is 16.2. The first kappa shape index (κ1) is 13.3. The van der Waals surface area contributed by atoms with Crippen molar-refractivity contribution in [2.24, 2.45) is 0 Å². The molecule has 0 aromatic heterocycles. The minimum absolute atomic E-state index is 0.0226. The van der Waals surface area contributed by atoms with E-state index in [2.05, 4.69) is 0 Å². The molecule has 2 amide bonds. The Labute approximate surface area is 112 Å². The molecule has 1 fully saturated rings. The molecule has 1 saturated carbocycles. The van der Waals surface area contributed by atoms with Gasteiger partial charge in [-0.2, -0.15) is 5.26 Å². The van der Waals surface area contributed by atoms with E-state index in [4.69, 9.17) is 5.26 Å². The number of hydrogen-bond donors (Lipinski definition) is 0. The van der Waals surface area contributed by atoms with Crippen LogP contribution in [0.3, 0.4) is 0 Å². The van der Waals surface area contributed by atoms with Crippen molar-refractivity contribution >= 4 is 12.3 Å². The number of benzene rings is 1. The Balaban J connectivity index is 2.15. The van der Waals surface area contributed by atoms with E-state index >= 15 is 0 Å². The Hall–Kier alpha value is -2.15. The maximum atomic E-state index is 12.3. The summed E-state index contributed by atoms with van der Waals surface area (Å²) in [6, 6.07) is 8.41. The lowest BCUT2D eigenvalue weighted by Gasteiger charge is -2.29. The van der Waals surface area contributed by atoms with Crippen LogP contribution in [0.2, 0.25) is 0 Å². The van der Waals surface area contributed by atoms with Gasteiger partial charge < -0.3 is 0 Å². The van der Waals surface area contributed by atoms with Crippen molar-refractivity contribution in [1.29, 1.82) is 5.26 Å². The number of imide groups is 1. The lowest BCUT2D eigenvalue weighted by molar-refractivity contribution is -0.118. The lowest BCUT2D eigenvalue weighted by atomic mass is 9.94. The van der Waals surface area contributed by atoms with Crippen LogP contribution in [0.1, 0.15) is 48.0 Å². The van der Waals surface area contributed by atoms with Gasteiger partial charge in [-0.3, -0.25) is 14.5 Å². The fourth-order valence-electron chi connectivity index (χ4n) is 2.50. The van der Waals surface area contributed by atoms with Crippen molar-refractivity contribution in [2.75, 3.05) is 0 Å². The summed E-state index contributed by atoms with van der Waals surface area (Å²) in [5.74, 6) is -0.272. The standard InChI is InChI=1S/C15H16N2O2/c16-10-12-6-8-13(9-7-12)15(19)17(11-18)14-4-2-1-3-5-14/h6-9,11,14H,1-5H2. The average Bonchev–Trinajstić information content (AvgIpc) is 2.49. The predicted molar refractivity (Wildman–Crippen MR) is 70.3 cm³/mol. The molecule has 1 aromatic carbocycles. The molecule has 1 aliphatic carbocycles. The highest BCUT2D eigenvalue weighted by molar-refractivity contribution is 6.00. The number of amides is 2. The van der Waals surface area contributed by atoms with Crippen LogP contribution in [0.5, 0.6) is 0 Å². The molecule has 0 bridgehead atoms. The number of nitriles is 1. The molecule has 1 aliphatic rings. The van der Waals surface area contributed by atoms with Crippen LogP contribution in [0, 0.1) is 11.3 Å². The number of rotatable bonds is 3. The molecule has 0 saturated heterocycles. The summed E-state index contributed by atoms with van der Waals surface area (Å²) in [6.07, 6.45) is 5.72. The van der Waals surface area contributed by atoms with Crippen LogP contribution in [-0.4, -0.2) is 23.3 Å². The first-order chi connectivity index (χ1) is 9.26. The molecule has 0 atom stereocenters. The van der Waals surface area contributed by atoms with E-state index in [1.54, 1.807) is 24.3 Å². The molecule has 0 heterocycles. The Bertz CT molecular complexity index is 496. The van der Waals surface area contributed by atoms with Gasteiger partial charge in [0, 0.05) is 11.6 Å². The summed E-state index contributed by atoms with van der Waals surface area (Å²) in [7, 11) is 0. The van der Waals surface area contributed by atoms with Gasteiger partial charge in [0.25, 0.3) is 5.91 Å². The maximum absolute atomic E-state index is 12.3. The van der Waals surface area contributed by atoms with Crippen LogP contribution < -0.4 is 0 Å². The third-order valence-electron chi connectivity index (χ3n) is 3.58. The summed E-state index contributed by atoms with van der Waals surface area (Å²) >= 11 is 0. The number of carbonyl (C=O) groups is 2. The van der Waals surface area contributed by atoms with E-state index in [1.807, 2.05) is 6.07 Å². The van der Waals surface area contributed by atoms with Gasteiger partial charge in [-0.1, -0.05) is 19.3 Å². The van der Waals surface area contributed by atoms with E-state index in [9.17, 15) is 9.59 Å². The molecule has 19 heavy (non-hydrogen) atoms. The first-order valence-corrected chi connectivity index (χ1v) is 6.54. The van der Waals surface area contributed by atoms with Crippen LogP contribution in [0.4, 0.5) is 0 Å². The monoisotopic (exact) mass is 256 g/mol. The molecule has 0 N–H and O–H groups in total. The topological polar surface area (TPSA) is 61.2 Å². The molecular formula is C15H16N2O2. The summed E-state index contributed by atoms with van der Waals surface area (Å²) in [5, 5.41) is 8.72. The van der Waals surface area contributed by atoms with Crippen LogP contribution in [-0.2, 0) is 4.79 Å². The second kappa shape index (κ2) is 6.14. The van der Waals surface area contributed by atoms with Crippen molar-refractivity contribution in [3.8, 4) is 6.07 Å². The normalized spacial score (nSPS) is 15.5. The third-order valence-corrected chi connectivity index (χ3v) is 3.58. The fourth-order valence-corrected chi connectivity index (χ4v) is 2.50. The number of hydrogen-bond acceptors (Lipinski definition) is 3. The van der Waals surface area contributed by atoms with Gasteiger partial charge in [-0.15, -0.1) is 0 Å². The molecule has 2 rings (SSSR count). The van der Waals surface area contributed by atoms with Crippen molar-refractivity contribution in [1.82, 2.24) is 4.90 Å². The maximum Gasteiger partial charge on any atom is 0.260 e. The van der Waals surface area contributed by atoms with Crippen molar-refractivity contribution < 1.29 is 9.59 Å². The molecule has 4 nitrogen and oxygen atoms in total. The van der Waals surface area contributed by atoms with Crippen LogP contribution in [0.15, 0.2) is 24.3 Å². The average molecular weight is 256 g/mol. The van der Waals surface area contributed by atoms with Gasteiger partial charge in [0.2, 0.25) is 6.41 Å². The third kappa shape index (κ3) is 3.00. The largest absolute Gasteiger partial charge is 0.278 e. The second-order valence-electron chi connectivity index (χ2n) is 4.80. The molecule has 1 aromatic rings. The Morgan fingerprint density at radius 1 is 1.21 bits per heavy atom. The molecular weight excluding hydrogens is 240 g/mol. The molecule has 98 valence electrons. The van der Waals surface area contributed by atoms with Gasteiger partial charge >= 0.3 is 0 Å². The van der Waals surface area contributed by atoms with Gasteiger partial charge in [0.15, 0.2) is 0 Å². The Morgan fingerprint density at radius 2 is 1.84 bits per heavy atom. The van der Waals surface area contributed by atoms with E-state index in [1.165, 1.54) is 11.3 Å². The van der Waals surface area contributed by atoms with E-state index in [-0.39, 0.29) is 11.9 Å². The molecule has 4 heteroatoms. The van der Waals surface area contributed by atoms with Gasteiger partial charge in [-0.25, -0.2) is 0 Å². The Kier molecular flexibility index (Phi) is 4.30. The summed E-state index contributed by atoms with van der Waals surface area (Å²) < 4.78 is 0. The number of carbonyl (C=O) groups excluding carboxylic acids is 2. The van der Waals surface area contributed by atoms with Crippen LogP contribution in [0.25, 0.3) is 0 Å². The molecule has 0 unspecified atom stereocenters. The summed E-state index contributed by atoms with van der Waals surface area (Å²) in [6.45, 7) is 0. The lowest BCUT2D eigenvalue weighted by Crippen LogP contribution is -2.40. The minimum atomic E-state index is -0.272. The molecule has 0 spiro atoms. The van der Waals surface area contributed by atoms with Crippen molar-refractivity contribution in [2.45, 2.75) is 38.1 Å². The predicted octanol–water partition coefficient (Wildman–Crippen LogP) is 2.49. The molecule has 0 aliphatic heterocycles. The smallest absolute Gasteiger partial charge is 0.260 e. The highest BCUT2D eigenvalue weighted by Gasteiger charge is 2.25. The fraction of sp³-hybridized carbons (Fsp3) is 0.400. The summed E-state index contributed by atoms with van der Waals surface area (Å²) in [5.41, 5.74) is 0.962. The minimum Gasteiger partial charge on any atom is -0.278 e. The number of nitrogens with zero attached hydrogens (tertiary/aromatic N) is 2. The highest BCUT2D eigenvalue weighted by Crippen LogP contribution is 2.23. The van der Waals surface area contributed by atoms with Gasteiger partial charge in [0.1, 0.15) is 0 Å². The zero-order valence-corrected chi connectivity index (χ0v) is 10.7. The first-order valence-electron chi connectivity index (χ1n) is 6.54. The van der Waals surface area contributed by atoms with Crippen LogP contribution >= 0.6 is 0 Å². The second-order valence-corrected chi connectivity index (χ2v) is 4.80. The van der Waals surface area contributed by atoms with Gasteiger partial charge in [0.05, 0.1) is 11.6 Å². The zero-order chi connectivity index (χ0) is 13.7. The van der Waals surface area contributed by atoms with Crippen molar-refractivity contribution in [3.05, 3.63) is 35.4 Å². The van der Waals surface area contributed by atoms with E-state index in [0.29, 0.717) is 17.5 Å². The van der Waals surface area contributed by atoms with E-state index in [0.717, 1.165) is 25.7 Å². The van der Waals surface area contributed by atoms with E-state index < -0.39 is 0 Å². The van der Waals surface area contributed by atoms with Gasteiger partial charge in [-0.05, 0) is 37.1 Å². The summed E-state index contributed by atoms with van der Waals surface area (Å²) in [4.78, 5) is 24.8. The van der Waals surface area contributed by atoms with Crippen molar-refractivity contribution in [3.63, 3.8) is 0 Å². The Morgan fingerprint density at radius 3 is 2.37 bits per heavy atom.